The Kier molecular flexibility index (Phi) is 5.27. The molecule has 0 aliphatic carbocycles. The molecule has 1 N–H and O–H groups in total. The van der Waals surface area contributed by atoms with Gasteiger partial charge in [-0.2, -0.15) is 0 Å². The first kappa shape index (κ1) is 18.0. The molecule has 3 nitrogen and oxygen atoms in total. The maximum atomic E-state index is 12.3. The van der Waals surface area contributed by atoms with Gasteiger partial charge in [0.25, 0.3) is 5.91 Å². The molecule has 3 aromatic rings. The van der Waals surface area contributed by atoms with Crippen LogP contribution in [0.1, 0.15) is 35.2 Å². The van der Waals surface area contributed by atoms with E-state index < -0.39 is 0 Å². The molecule has 0 saturated carbocycles. The highest BCUT2D eigenvalue weighted by atomic mass is 16.5. The van der Waals surface area contributed by atoms with E-state index in [1.54, 1.807) is 0 Å². The molecule has 0 radical (unpaired) electrons. The number of hydrogen-bond acceptors (Lipinski definition) is 2. The van der Waals surface area contributed by atoms with Gasteiger partial charge in [0.15, 0.2) is 6.61 Å². The number of carbonyl (C=O) groups is 1. The minimum absolute atomic E-state index is 0.00652. The molecule has 0 heterocycles. The molecule has 26 heavy (non-hydrogen) atoms. The summed E-state index contributed by atoms with van der Waals surface area (Å²) in [4.78, 5) is 12.3. The minimum Gasteiger partial charge on any atom is -0.484 e. The van der Waals surface area contributed by atoms with Crippen LogP contribution in [0.25, 0.3) is 10.8 Å². The van der Waals surface area contributed by atoms with Crippen molar-refractivity contribution in [2.75, 3.05) is 6.61 Å². The van der Waals surface area contributed by atoms with Crippen LogP contribution in [0.3, 0.4) is 0 Å². The maximum absolute atomic E-state index is 12.3. The van der Waals surface area contributed by atoms with E-state index >= 15 is 0 Å². The minimum atomic E-state index is -0.122. The lowest BCUT2D eigenvalue weighted by atomic mass is 9.96. The van der Waals surface area contributed by atoms with Crippen molar-refractivity contribution in [3.05, 3.63) is 76.9 Å². The molecule has 0 aliphatic heterocycles. The number of carbonyl (C=O) groups excluding carboxylic acids is 1. The zero-order valence-electron chi connectivity index (χ0n) is 15.8. The van der Waals surface area contributed by atoms with Crippen LogP contribution in [0.4, 0.5) is 0 Å². The summed E-state index contributed by atoms with van der Waals surface area (Å²) >= 11 is 0. The van der Waals surface area contributed by atoms with E-state index in [1.807, 2.05) is 43.3 Å². The summed E-state index contributed by atoms with van der Waals surface area (Å²) in [7, 11) is 0. The predicted molar refractivity (Wildman–Crippen MR) is 107 cm³/mol. The molecule has 1 atom stereocenters. The molecule has 0 saturated heterocycles. The van der Waals surface area contributed by atoms with Crippen LogP contribution in [-0.4, -0.2) is 12.5 Å². The molecule has 0 spiro atoms. The lowest BCUT2D eigenvalue weighted by Crippen LogP contribution is -2.31. The predicted octanol–water partition coefficient (Wildman–Crippen LogP) is 5.02. The van der Waals surface area contributed by atoms with E-state index in [1.165, 1.54) is 16.7 Å². The van der Waals surface area contributed by atoms with E-state index in [4.69, 9.17) is 4.74 Å². The smallest absolute Gasteiger partial charge is 0.258 e. The lowest BCUT2D eigenvalue weighted by Gasteiger charge is -2.18. The monoisotopic (exact) mass is 347 g/mol. The second kappa shape index (κ2) is 7.61. The van der Waals surface area contributed by atoms with Crippen molar-refractivity contribution >= 4 is 16.7 Å². The number of rotatable bonds is 5. The van der Waals surface area contributed by atoms with Crippen molar-refractivity contribution in [3.8, 4) is 5.75 Å². The van der Waals surface area contributed by atoms with Gasteiger partial charge in [0.05, 0.1) is 6.04 Å². The van der Waals surface area contributed by atoms with Gasteiger partial charge < -0.3 is 10.1 Å². The van der Waals surface area contributed by atoms with Gasteiger partial charge in [0, 0.05) is 0 Å². The average molecular weight is 347 g/mol. The second-order valence-corrected chi connectivity index (χ2v) is 6.88. The number of hydrogen-bond donors (Lipinski definition) is 1. The Bertz CT molecular complexity index is 946. The highest BCUT2D eigenvalue weighted by Gasteiger charge is 2.13. The van der Waals surface area contributed by atoms with Gasteiger partial charge in [0.1, 0.15) is 5.75 Å². The maximum Gasteiger partial charge on any atom is 0.258 e. The first-order valence-electron chi connectivity index (χ1n) is 8.93. The highest BCUT2D eigenvalue weighted by Crippen LogP contribution is 2.22. The van der Waals surface area contributed by atoms with Crippen molar-refractivity contribution in [1.82, 2.24) is 5.32 Å². The number of amides is 1. The molecule has 134 valence electrons. The zero-order valence-corrected chi connectivity index (χ0v) is 15.8. The fourth-order valence-corrected chi connectivity index (χ4v) is 3.22. The van der Waals surface area contributed by atoms with Crippen LogP contribution < -0.4 is 10.1 Å². The van der Waals surface area contributed by atoms with Gasteiger partial charge in [-0.15, -0.1) is 0 Å². The Hall–Kier alpha value is -2.81. The van der Waals surface area contributed by atoms with E-state index in [2.05, 4.69) is 44.3 Å². The molecule has 0 bridgehead atoms. The third kappa shape index (κ3) is 4.05. The third-order valence-corrected chi connectivity index (χ3v) is 4.82. The Morgan fingerprint density at radius 1 is 0.923 bits per heavy atom. The van der Waals surface area contributed by atoms with E-state index in [0.717, 1.165) is 16.3 Å². The van der Waals surface area contributed by atoms with Gasteiger partial charge in [-0.1, -0.05) is 42.5 Å². The van der Waals surface area contributed by atoms with E-state index in [9.17, 15) is 4.79 Å². The summed E-state index contributed by atoms with van der Waals surface area (Å²) in [5.74, 6) is 0.581. The van der Waals surface area contributed by atoms with Crippen molar-refractivity contribution in [2.45, 2.75) is 33.7 Å². The fraction of sp³-hybridized carbons (Fsp3) is 0.261. The number of benzene rings is 3. The number of aryl methyl sites for hydroxylation is 3. The third-order valence-electron chi connectivity index (χ3n) is 4.82. The normalized spacial score (nSPS) is 12.0. The first-order chi connectivity index (χ1) is 12.4. The molecule has 0 unspecified atom stereocenters. The number of nitrogens with one attached hydrogen (secondary N) is 1. The SMILES string of the molecule is Cc1cc(C)c([C@H](C)NC(=O)COc2ccc3ccccc3c2)cc1C. The topological polar surface area (TPSA) is 38.3 Å². The second-order valence-electron chi connectivity index (χ2n) is 6.88. The molecule has 0 aliphatic rings. The molecule has 1 amide bonds. The Morgan fingerprint density at radius 2 is 1.62 bits per heavy atom. The van der Waals surface area contributed by atoms with E-state index in [-0.39, 0.29) is 18.6 Å². The summed E-state index contributed by atoms with van der Waals surface area (Å²) in [6, 6.07) is 18.2. The van der Waals surface area contributed by atoms with Gasteiger partial charge >= 0.3 is 0 Å². The fourth-order valence-electron chi connectivity index (χ4n) is 3.22. The quantitative estimate of drug-likeness (QED) is 0.704. The molecule has 3 aromatic carbocycles. The Balaban J connectivity index is 1.62. The van der Waals surface area contributed by atoms with E-state index in [0.29, 0.717) is 5.75 Å². The molecule has 3 rings (SSSR count). The molecular weight excluding hydrogens is 322 g/mol. The first-order valence-corrected chi connectivity index (χ1v) is 8.93. The molecule has 3 heteroatoms. The van der Waals surface area contributed by atoms with Gasteiger partial charge in [-0.25, -0.2) is 0 Å². The Labute approximate surface area is 155 Å². The average Bonchev–Trinajstić information content (AvgIpc) is 2.62. The highest BCUT2D eigenvalue weighted by molar-refractivity contribution is 5.84. The van der Waals surface area contributed by atoms with Crippen molar-refractivity contribution < 1.29 is 9.53 Å². The summed E-state index contributed by atoms with van der Waals surface area (Å²) in [5.41, 5.74) is 4.84. The zero-order chi connectivity index (χ0) is 18.7. The molecular formula is C23H25NO2. The van der Waals surface area contributed by atoms with Crippen molar-refractivity contribution in [3.63, 3.8) is 0 Å². The largest absolute Gasteiger partial charge is 0.484 e. The van der Waals surface area contributed by atoms with Crippen LogP contribution in [0, 0.1) is 20.8 Å². The summed E-state index contributed by atoms with van der Waals surface area (Å²) in [6.07, 6.45) is 0. The molecule has 0 aromatic heterocycles. The van der Waals surface area contributed by atoms with Gasteiger partial charge in [0.2, 0.25) is 0 Å². The van der Waals surface area contributed by atoms with Crippen LogP contribution in [-0.2, 0) is 4.79 Å². The summed E-state index contributed by atoms with van der Waals surface area (Å²) in [6.45, 7) is 8.29. The summed E-state index contributed by atoms with van der Waals surface area (Å²) in [5, 5.41) is 5.28. The molecule has 0 fully saturated rings. The van der Waals surface area contributed by atoms with Crippen LogP contribution in [0.15, 0.2) is 54.6 Å². The summed E-state index contributed by atoms with van der Waals surface area (Å²) < 4.78 is 5.67. The number of fused-ring (bicyclic) bond motifs is 1. The van der Waals surface area contributed by atoms with Gasteiger partial charge in [-0.3, -0.25) is 4.79 Å². The van der Waals surface area contributed by atoms with Crippen molar-refractivity contribution in [2.24, 2.45) is 0 Å². The van der Waals surface area contributed by atoms with Gasteiger partial charge in [-0.05, 0) is 72.9 Å². The van der Waals surface area contributed by atoms with Crippen molar-refractivity contribution in [1.29, 1.82) is 0 Å². The van der Waals surface area contributed by atoms with Crippen LogP contribution in [0.5, 0.6) is 5.75 Å². The Morgan fingerprint density at radius 3 is 2.38 bits per heavy atom. The lowest BCUT2D eigenvalue weighted by molar-refractivity contribution is -0.123. The van der Waals surface area contributed by atoms with Crippen LogP contribution >= 0.6 is 0 Å². The standard InChI is InChI=1S/C23H25NO2/c1-15-11-17(3)22(12-16(15)2)18(4)24-23(25)14-26-21-10-9-19-7-5-6-8-20(19)13-21/h5-13,18H,14H2,1-4H3,(H,24,25)/t18-/m0/s1. The number of ether oxygens (including phenoxy) is 1. The van der Waals surface area contributed by atoms with Crippen LogP contribution in [0.2, 0.25) is 0 Å².